The molecule has 146 valence electrons. The fraction of sp³-hybridized carbons (Fsp3) is 0.0417. The third-order valence-electron chi connectivity index (χ3n) is 4.36. The monoisotopic (exact) mass is 411 g/mol. The Labute approximate surface area is 178 Å². The van der Waals surface area contributed by atoms with Gasteiger partial charge >= 0.3 is 0 Å². The number of para-hydroxylation sites is 2. The molecule has 6 heteroatoms. The lowest BCUT2D eigenvalue weighted by Gasteiger charge is -2.23. The molecule has 30 heavy (non-hydrogen) atoms. The minimum Gasteiger partial charge on any atom is -0.463 e. The molecular formula is C24H17N3O2S. The molecule has 0 aliphatic carbocycles. The highest BCUT2D eigenvalue weighted by atomic mass is 32.2. The maximum absolute atomic E-state index is 13.2. The lowest BCUT2D eigenvalue weighted by atomic mass is 10.2. The summed E-state index contributed by atoms with van der Waals surface area (Å²) in [6.07, 6.45) is 1.57. The van der Waals surface area contributed by atoms with E-state index in [0.717, 1.165) is 11.4 Å². The molecule has 0 atom stereocenters. The Morgan fingerprint density at radius 2 is 1.60 bits per heavy atom. The van der Waals surface area contributed by atoms with E-state index in [2.05, 4.69) is 11.1 Å². The molecule has 5 nitrogen and oxygen atoms in total. The standard InChI is InChI=1S/C24H17N3O2S/c25-16-18-13-14-21(22-12-7-15-29-22)26-24(18)30-17-23(28)27(19-8-3-1-4-9-19)20-10-5-2-6-11-20/h1-15H,17H2. The van der Waals surface area contributed by atoms with Crippen LogP contribution in [0.1, 0.15) is 5.56 Å². The topological polar surface area (TPSA) is 70.1 Å². The number of nitrogens with zero attached hydrogens (tertiary/aromatic N) is 3. The number of hydrogen-bond donors (Lipinski definition) is 0. The fourth-order valence-corrected chi connectivity index (χ4v) is 3.80. The van der Waals surface area contributed by atoms with Gasteiger partial charge in [0.1, 0.15) is 16.8 Å². The number of carbonyl (C=O) groups is 1. The van der Waals surface area contributed by atoms with E-state index in [-0.39, 0.29) is 11.7 Å². The van der Waals surface area contributed by atoms with Crippen LogP contribution in [-0.2, 0) is 4.79 Å². The Kier molecular flexibility index (Phi) is 5.93. The number of thioether (sulfide) groups is 1. The van der Waals surface area contributed by atoms with Crippen LogP contribution in [0, 0.1) is 11.3 Å². The normalized spacial score (nSPS) is 10.4. The number of hydrogen-bond acceptors (Lipinski definition) is 5. The number of nitriles is 1. The molecule has 0 spiro atoms. The average Bonchev–Trinajstić information content (AvgIpc) is 3.34. The number of anilines is 2. The van der Waals surface area contributed by atoms with Gasteiger partial charge in [-0.2, -0.15) is 5.26 Å². The van der Waals surface area contributed by atoms with Crippen LogP contribution in [0.3, 0.4) is 0 Å². The Bertz CT molecular complexity index is 1130. The Morgan fingerprint density at radius 3 is 2.17 bits per heavy atom. The predicted molar refractivity (Wildman–Crippen MR) is 117 cm³/mol. The third-order valence-corrected chi connectivity index (χ3v) is 5.34. The van der Waals surface area contributed by atoms with E-state index < -0.39 is 0 Å². The van der Waals surface area contributed by atoms with Crippen LogP contribution < -0.4 is 4.90 Å². The molecule has 0 aliphatic rings. The number of amides is 1. The summed E-state index contributed by atoms with van der Waals surface area (Å²) in [5.41, 5.74) is 2.62. The first-order chi connectivity index (χ1) is 14.8. The second-order valence-electron chi connectivity index (χ2n) is 6.33. The van der Waals surface area contributed by atoms with Crippen LogP contribution >= 0.6 is 11.8 Å². The number of pyridine rings is 1. The molecule has 0 unspecified atom stereocenters. The van der Waals surface area contributed by atoms with Gasteiger partial charge in [0.25, 0.3) is 0 Å². The largest absolute Gasteiger partial charge is 0.463 e. The van der Waals surface area contributed by atoms with Crippen molar-refractivity contribution in [2.45, 2.75) is 5.03 Å². The fourth-order valence-electron chi connectivity index (χ4n) is 2.98. The highest BCUT2D eigenvalue weighted by molar-refractivity contribution is 8.00. The first kappa shape index (κ1) is 19.5. The number of furan rings is 1. The molecule has 0 fully saturated rings. The van der Waals surface area contributed by atoms with Crippen molar-refractivity contribution >= 4 is 29.0 Å². The summed E-state index contributed by atoms with van der Waals surface area (Å²) >= 11 is 1.24. The van der Waals surface area contributed by atoms with Gasteiger partial charge in [-0.1, -0.05) is 48.2 Å². The first-order valence-corrected chi connectivity index (χ1v) is 10.3. The first-order valence-electron chi connectivity index (χ1n) is 9.27. The van der Waals surface area contributed by atoms with Crippen molar-refractivity contribution in [3.63, 3.8) is 0 Å². The molecule has 2 aromatic carbocycles. The maximum atomic E-state index is 13.2. The number of benzene rings is 2. The minimum atomic E-state index is -0.105. The van der Waals surface area contributed by atoms with Crippen LogP contribution in [0.2, 0.25) is 0 Å². The molecular weight excluding hydrogens is 394 g/mol. The molecule has 2 aromatic heterocycles. The van der Waals surface area contributed by atoms with E-state index in [0.29, 0.717) is 22.0 Å². The van der Waals surface area contributed by atoms with Crippen LogP contribution in [-0.4, -0.2) is 16.6 Å². The summed E-state index contributed by atoms with van der Waals surface area (Å²) < 4.78 is 5.40. The van der Waals surface area contributed by atoms with Crippen molar-refractivity contribution in [3.05, 3.63) is 96.8 Å². The third kappa shape index (κ3) is 4.27. The smallest absolute Gasteiger partial charge is 0.241 e. The summed E-state index contributed by atoms with van der Waals surface area (Å²) in [5, 5.41) is 9.95. The molecule has 0 aliphatic heterocycles. The van der Waals surface area contributed by atoms with Gasteiger partial charge in [0.05, 0.1) is 17.6 Å². The number of carbonyl (C=O) groups excluding carboxylic acids is 1. The van der Waals surface area contributed by atoms with Gasteiger partial charge in [-0.3, -0.25) is 9.69 Å². The van der Waals surface area contributed by atoms with Crippen molar-refractivity contribution in [2.75, 3.05) is 10.7 Å². The van der Waals surface area contributed by atoms with E-state index in [1.807, 2.05) is 60.7 Å². The maximum Gasteiger partial charge on any atom is 0.241 e. The summed E-state index contributed by atoms with van der Waals surface area (Å²) in [4.78, 5) is 19.4. The van der Waals surface area contributed by atoms with E-state index in [4.69, 9.17) is 4.42 Å². The highest BCUT2D eigenvalue weighted by Gasteiger charge is 2.19. The predicted octanol–water partition coefficient (Wildman–Crippen LogP) is 5.67. The van der Waals surface area contributed by atoms with Crippen molar-refractivity contribution in [3.8, 4) is 17.5 Å². The van der Waals surface area contributed by atoms with Crippen LogP contribution in [0.5, 0.6) is 0 Å². The Morgan fingerprint density at radius 1 is 0.933 bits per heavy atom. The number of rotatable bonds is 6. The average molecular weight is 411 g/mol. The summed E-state index contributed by atoms with van der Waals surface area (Å²) in [7, 11) is 0. The van der Waals surface area contributed by atoms with Crippen molar-refractivity contribution in [1.29, 1.82) is 5.26 Å². The zero-order valence-corrected chi connectivity index (χ0v) is 16.8. The Hall–Kier alpha value is -3.82. The van der Waals surface area contributed by atoms with Gasteiger partial charge in [-0.05, 0) is 48.5 Å². The molecule has 0 saturated carbocycles. The van der Waals surface area contributed by atoms with Gasteiger partial charge in [0.2, 0.25) is 5.91 Å². The molecule has 2 heterocycles. The van der Waals surface area contributed by atoms with Crippen molar-refractivity contribution < 1.29 is 9.21 Å². The van der Waals surface area contributed by atoms with Gasteiger partial charge < -0.3 is 4.42 Å². The second kappa shape index (κ2) is 9.12. The SMILES string of the molecule is N#Cc1ccc(-c2ccco2)nc1SCC(=O)N(c1ccccc1)c1ccccc1. The van der Waals surface area contributed by atoms with Crippen molar-refractivity contribution in [2.24, 2.45) is 0 Å². The van der Waals surface area contributed by atoms with Gasteiger partial charge in [0.15, 0.2) is 5.76 Å². The summed E-state index contributed by atoms with van der Waals surface area (Å²) in [6.45, 7) is 0. The highest BCUT2D eigenvalue weighted by Crippen LogP contribution is 2.29. The quantitative estimate of drug-likeness (QED) is 0.382. The van der Waals surface area contributed by atoms with Gasteiger partial charge in [-0.25, -0.2) is 4.98 Å². The van der Waals surface area contributed by atoms with E-state index in [9.17, 15) is 10.1 Å². The molecule has 4 rings (SSSR count). The lowest BCUT2D eigenvalue weighted by molar-refractivity contribution is -0.115. The zero-order chi connectivity index (χ0) is 20.8. The molecule has 0 saturated heterocycles. The number of aromatic nitrogens is 1. The van der Waals surface area contributed by atoms with Crippen LogP contribution in [0.25, 0.3) is 11.5 Å². The summed E-state index contributed by atoms with van der Waals surface area (Å²) in [5.74, 6) is 0.641. The van der Waals surface area contributed by atoms with Crippen LogP contribution in [0.15, 0.2) is 101 Å². The van der Waals surface area contributed by atoms with E-state index >= 15 is 0 Å². The Balaban J connectivity index is 1.60. The lowest BCUT2D eigenvalue weighted by Crippen LogP contribution is -2.27. The van der Waals surface area contributed by atoms with Crippen LogP contribution in [0.4, 0.5) is 11.4 Å². The van der Waals surface area contributed by atoms with Gasteiger partial charge in [-0.15, -0.1) is 0 Å². The second-order valence-corrected chi connectivity index (χ2v) is 7.29. The minimum absolute atomic E-state index is 0.105. The van der Waals surface area contributed by atoms with Crippen molar-refractivity contribution in [1.82, 2.24) is 4.98 Å². The molecule has 0 bridgehead atoms. The molecule has 4 aromatic rings. The van der Waals surface area contributed by atoms with E-state index in [1.165, 1.54) is 11.8 Å². The van der Waals surface area contributed by atoms with Gasteiger partial charge in [0, 0.05) is 11.4 Å². The molecule has 1 amide bonds. The molecule has 0 N–H and O–H groups in total. The molecule has 0 radical (unpaired) electrons. The van der Waals surface area contributed by atoms with E-state index in [1.54, 1.807) is 35.4 Å². The zero-order valence-electron chi connectivity index (χ0n) is 15.9. The summed E-state index contributed by atoms with van der Waals surface area (Å²) in [6, 6.07) is 28.2.